The quantitative estimate of drug-likeness (QED) is 0.545. The van der Waals surface area contributed by atoms with Crippen LogP contribution in [-0.4, -0.2) is 14.2 Å². The fourth-order valence-electron chi connectivity index (χ4n) is 4.85. The lowest BCUT2D eigenvalue weighted by molar-refractivity contribution is -0.209. The van der Waals surface area contributed by atoms with Crippen LogP contribution in [0.2, 0.25) is 0 Å². The second kappa shape index (κ2) is 7.94. The molecule has 0 saturated carbocycles. The van der Waals surface area contributed by atoms with Crippen molar-refractivity contribution in [3.05, 3.63) is 59.7 Å². The largest absolute Gasteiger partial charge is 0.370 e. The molecular formula is C24H32O2. The van der Waals surface area contributed by atoms with Crippen molar-refractivity contribution < 1.29 is 9.47 Å². The van der Waals surface area contributed by atoms with Gasteiger partial charge in [0.2, 0.25) is 0 Å². The third-order valence-electron chi connectivity index (χ3n) is 6.13. The van der Waals surface area contributed by atoms with Crippen molar-refractivity contribution in [2.45, 2.75) is 63.6 Å². The first-order chi connectivity index (χ1) is 12.7. The first kappa shape index (κ1) is 19.1. The number of rotatable bonds is 8. The van der Waals surface area contributed by atoms with Gasteiger partial charge in [0.1, 0.15) is 11.2 Å². The average molecular weight is 353 g/mol. The molecule has 0 saturated heterocycles. The van der Waals surface area contributed by atoms with Gasteiger partial charge in [-0.2, -0.15) is 0 Å². The Hall–Kier alpha value is -1.64. The summed E-state index contributed by atoms with van der Waals surface area (Å²) in [7, 11) is 3.72. The fraction of sp³-hybridized carbons (Fsp3) is 0.500. The van der Waals surface area contributed by atoms with E-state index in [-0.39, 0.29) is 0 Å². The molecular weight excluding hydrogens is 320 g/mol. The molecule has 2 atom stereocenters. The highest BCUT2D eigenvalue weighted by molar-refractivity contribution is 5.76. The Labute approximate surface area is 158 Å². The lowest BCUT2D eigenvalue weighted by atomic mass is 9.61. The molecule has 0 spiro atoms. The van der Waals surface area contributed by atoms with Gasteiger partial charge < -0.3 is 9.47 Å². The summed E-state index contributed by atoms with van der Waals surface area (Å²) >= 11 is 0. The molecule has 0 fully saturated rings. The monoisotopic (exact) mass is 352 g/mol. The highest BCUT2D eigenvalue weighted by Gasteiger charge is 2.57. The lowest BCUT2D eigenvalue weighted by Crippen LogP contribution is -2.54. The molecule has 2 aromatic rings. The van der Waals surface area contributed by atoms with Gasteiger partial charge in [0.15, 0.2) is 0 Å². The summed E-state index contributed by atoms with van der Waals surface area (Å²) in [4.78, 5) is 0. The Morgan fingerprint density at radius 3 is 1.38 bits per heavy atom. The minimum Gasteiger partial charge on any atom is -0.370 e. The van der Waals surface area contributed by atoms with Crippen LogP contribution in [0.3, 0.4) is 0 Å². The summed E-state index contributed by atoms with van der Waals surface area (Å²) in [5.74, 6) is 0. The number of fused-ring (bicyclic) bond motifs is 3. The molecule has 1 aliphatic rings. The molecule has 26 heavy (non-hydrogen) atoms. The molecule has 2 aromatic carbocycles. The first-order valence-electron chi connectivity index (χ1n) is 10.0. The Morgan fingerprint density at radius 2 is 1.04 bits per heavy atom. The molecule has 0 aliphatic heterocycles. The normalized spacial score (nSPS) is 24.2. The van der Waals surface area contributed by atoms with Crippen LogP contribution >= 0.6 is 0 Å². The number of benzene rings is 2. The summed E-state index contributed by atoms with van der Waals surface area (Å²) < 4.78 is 12.9. The average Bonchev–Trinajstić information content (AvgIpc) is 2.71. The van der Waals surface area contributed by atoms with Gasteiger partial charge in [-0.05, 0) is 35.1 Å². The Balaban J connectivity index is 2.34. The maximum Gasteiger partial charge on any atom is 0.126 e. The van der Waals surface area contributed by atoms with Crippen molar-refractivity contribution >= 4 is 0 Å². The van der Waals surface area contributed by atoms with E-state index < -0.39 is 11.2 Å². The fourth-order valence-corrected chi connectivity index (χ4v) is 4.85. The number of unbranched alkanes of at least 4 members (excludes halogenated alkanes) is 2. The Morgan fingerprint density at radius 1 is 0.654 bits per heavy atom. The predicted octanol–water partition coefficient (Wildman–Crippen LogP) is 6.43. The van der Waals surface area contributed by atoms with Crippen molar-refractivity contribution in [2.75, 3.05) is 14.2 Å². The number of hydrogen-bond donors (Lipinski definition) is 0. The molecule has 0 bridgehead atoms. The van der Waals surface area contributed by atoms with E-state index in [1.807, 2.05) is 14.2 Å². The summed E-state index contributed by atoms with van der Waals surface area (Å²) in [5.41, 5.74) is 4.19. The summed E-state index contributed by atoms with van der Waals surface area (Å²) in [5, 5.41) is 0. The molecule has 140 valence electrons. The second-order valence-electron chi connectivity index (χ2n) is 7.36. The molecule has 2 heteroatoms. The minimum absolute atomic E-state index is 0.460. The Bertz CT molecular complexity index is 675. The molecule has 1 unspecified atom stereocenters. The van der Waals surface area contributed by atoms with Gasteiger partial charge >= 0.3 is 0 Å². The van der Waals surface area contributed by atoms with Crippen LogP contribution in [0, 0.1) is 0 Å². The van der Waals surface area contributed by atoms with Crippen LogP contribution in [0.4, 0.5) is 0 Å². The highest BCUT2D eigenvalue weighted by Crippen LogP contribution is 2.59. The smallest absolute Gasteiger partial charge is 0.126 e. The SMILES string of the molecule is CCCCC1(OC)c2ccccc2-c2ccccc2[C@@]1(CCCC)OC. The van der Waals surface area contributed by atoms with Gasteiger partial charge in [-0.3, -0.25) is 0 Å². The minimum atomic E-state index is -0.460. The molecule has 0 radical (unpaired) electrons. The van der Waals surface area contributed by atoms with Gasteiger partial charge in [0.05, 0.1) is 0 Å². The number of methoxy groups -OCH3 is 2. The van der Waals surface area contributed by atoms with Gasteiger partial charge in [-0.1, -0.05) is 88.1 Å². The van der Waals surface area contributed by atoms with Crippen molar-refractivity contribution in [1.29, 1.82) is 0 Å². The lowest BCUT2D eigenvalue weighted by Gasteiger charge is -2.53. The maximum absolute atomic E-state index is 6.44. The van der Waals surface area contributed by atoms with E-state index in [0.717, 1.165) is 38.5 Å². The summed E-state index contributed by atoms with van der Waals surface area (Å²) in [6.07, 6.45) is 6.43. The van der Waals surface area contributed by atoms with E-state index in [9.17, 15) is 0 Å². The van der Waals surface area contributed by atoms with Crippen molar-refractivity contribution in [3.63, 3.8) is 0 Å². The Kier molecular flexibility index (Phi) is 5.84. The third kappa shape index (κ3) is 2.71. The van der Waals surface area contributed by atoms with Crippen LogP contribution in [-0.2, 0) is 20.7 Å². The van der Waals surface area contributed by atoms with E-state index in [1.54, 1.807) is 0 Å². The summed E-state index contributed by atoms with van der Waals surface area (Å²) in [6.45, 7) is 4.49. The second-order valence-corrected chi connectivity index (χ2v) is 7.36. The van der Waals surface area contributed by atoms with Gasteiger partial charge in [-0.15, -0.1) is 0 Å². The van der Waals surface area contributed by atoms with Crippen molar-refractivity contribution in [1.82, 2.24) is 0 Å². The van der Waals surface area contributed by atoms with Crippen molar-refractivity contribution in [2.24, 2.45) is 0 Å². The van der Waals surface area contributed by atoms with Crippen molar-refractivity contribution in [3.8, 4) is 11.1 Å². The molecule has 0 N–H and O–H groups in total. The van der Waals surface area contributed by atoms with Crippen LogP contribution in [0.1, 0.15) is 63.5 Å². The van der Waals surface area contributed by atoms with Gasteiger partial charge in [0.25, 0.3) is 0 Å². The number of ether oxygens (including phenoxy) is 2. The standard InChI is InChI=1S/C24H32O2/c1-5-7-17-23(25-3)21-15-11-9-13-19(21)20-14-10-12-16-22(20)24(23,26-4)18-8-6-2/h9-16H,5-8,17-18H2,1-4H3/t23-,24?/m1/s1. The first-order valence-corrected chi connectivity index (χ1v) is 10.0. The molecule has 0 heterocycles. The zero-order chi connectivity index (χ0) is 18.6. The molecule has 1 aliphatic carbocycles. The topological polar surface area (TPSA) is 18.5 Å². The molecule has 0 amide bonds. The zero-order valence-corrected chi connectivity index (χ0v) is 16.7. The van der Waals surface area contributed by atoms with Crippen LogP contribution in [0.25, 0.3) is 11.1 Å². The summed E-state index contributed by atoms with van der Waals surface area (Å²) in [6, 6.07) is 17.5. The molecule has 3 rings (SSSR count). The van der Waals surface area contributed by atoms with E-state index >= 15 is 0 Å². The van der Waals surface area contributed by atoms with E-state index in [1.165, 1.54) is 22.3 Å². The molecule has 2 nitrogen and oxygen atoms in total. The van der Waals surface area contributed by atoms with E-state index in [2.05, 4.69) is 62.4 Å². The van der Waals surface area contributed by atoms with Gasteiger partial charge in [0, 0.05) is 14.2 Å². The molecule has 0 aromatic heterocycles. The van der Waals surface area contributed by atoms with E-state index in [4.69, 9.17) is 9.47 Å². The van der Waals surface area contributed by atoms with Crippen LogP contribution < -0.4 is 0 Å². The third-order valence-corrected chi connectivity index (χ3v) is 6.13. The van der Waals surface area contributed by atoms with Crippen LogP contribution in [0.15, 0.2) is 48.5 Å². The zero-order valence-electron chi connectivity index (χ0n) is 16.7. The number of hydrogen-bond acceptors (Lipinski definition) is 2. The van der Waals surface area contributed by atoms with Crippen LogP contribution in [0.5, 0.6) is 0 Å². The van der Waals surface area contributed by atoms with Gasteiger partial charge in [-0.25, -0.2) is 0 Å². The highest BCUT2D eigenvalue weighted by atomic mass is 16.5. The van der Waals surface area contributed by atoms with E-state index in [0.29, 0.717) is 0 Å². The maximum atomic E-state index is 6.44. The predicted molar refractivity (Wildman–Crippen MR) is 108 cm³/mol.